The fraction of sp³-hybridized carbons (Fsp3) is 0.476. The molecule has 0 aliphatic heterocycles. The Morgan fingerprint density at radius 2 is 2.00 bits per heavy atom. The van der Waals surface area contributed by atoms with Crippen molar-refractivity contribution in [1.29, 1.82) is 0 Å². The Kier molecular flexibility index (Phi) is 5.59. The molecule has 2 aromatic carbocycles. The number of methoxy groups -OCH3 is 1. The first-order chi connectivity index (χ1) is 12.1. The fourth-order valence-corrected chi connectivity index (χ4v) is 3.64. The third kappa shape index (κ3) is 4.31. The highest BCUT2D eigenvalue weighted by atomic mass is 16.5. The number of carbonyl (C=O) groups is 1. The Balaban J connectivity index is 1.64. The highest BCUT2D eigenvalue weighted by Gasteiger charge is 2.22. The molecule has 1 saturated carbocycles. The number of rotatable bonds is 5. The monoisotopic (exact) mass is 341 g/mol. The lowest BCUT2D eigenvalue weighted by atomic mass is 9.87. The van der Waals surface area contributed by atoms with Crippen molar-refractivity contribution in [2.75, 3.05) is 13.7 Å². The van der Waals surface area contributed by atoms with E-state index in [2.05, 4.69) is 11.4 Å². The van der Waals surface area contributed by atoms with Crippen molar-refractivity contribution in [2.45, 2.75) is 44.6 Å². The van der Waals surface area contributed by atoms with Crippen LogP contribution in [-0.2, 0) is 4.79 Å². The van der Waals surface area contributed by atoms with Crippen LogP contribution in [0.15, 0.2) is 36.4 Å². The van der Waals surface area contributed by atoms with Crippen LogP contribution in [0.1, 0.15) is 44.1 Å². The van der Waals surface area contributed by atoms with E-state index >= 15 is 0 Å². The van der Waals surface area contributed by atoms with Crippen molar-refractivity contribution in [3.63, 3.8) is 0 Å². The lowest BCUT2D eigenvalue weighted by Gasteiger charge is -2.26. The van der Waals surface area contributed by atoms with Gasteiger partial charge in [-0.2, -0.15) is 0 Å². The van der Waals surface area contributed by atoms with Gasteiger partial charge in [0.1, 0.15) is 5.75 Å². The normalized spacial score (nSPS) is 21.7. The van der Waals surface area contributed by atoms with Gasteiger partial charge in [-0.25, -0.2) is 0 Å². The Hall–Kier alpha value is -2.07. The number of amides is 1. The number of hydrogen-bond donors (Lipinski definition) is 2. The van der Waals surface area contributed by atoms with Crippen LogP contribution >= 0.6 is 0 Å². The first-order valence-electron chi connectivity index (χ1n) is 9.10. The standard InChI is InChI=1S/C21H27NO3/c1-14(21(24)22-13-15-4-3-5-19(23)10-15)16-6-7-18-12-20(25-2)9-8-17(18)11-16/h6-9,11-12,14-15,19,23H,3-5,10,13H2,1-2H3,(H,22,24)/t14-,15?,19?/m0/s1. The summed E-state index contributed by atoms with van der Waals surface area (Å²) >= 11 is 0. The number of benzene rings is 2. The molecule has 2 unspecified atom stereocenters. The van der Waals surface area contributed by atoms with Crippen molar-refractivity contribution < 1.29 is 14.6 Å². The molecule has 4 heteroatoms. The summed E-state index contributed by atoms with van der Waals surface area (Å²) in [6, 6.07) is 12.1. The van der Waals surface area contributed by atoms with E-state index in [0.29, 0.717) is 12.5 Å². The van der Waals surface area contributed by atoms with E-state index in [0.717, 1.165) is 47.8 Å². The Labute approximate surface area is 149 Å². The molecule has 4 nitrogen and oxygen atoms in total. The van der Waals surface area contributed by atoms with Gasteiger partial charge in [-0.3, -0.25) is 4.79 Å². The summed E-state index contributed by atoms with van der Waals surface area (Å²) in [4.78, 5) is 12.5. The van der Waals surface area contributed by atoms with Crippen LogP contribution < -0.4 is 10.1 Å². The van der Waals surface area contributed by atoms with Gasteiger partial charge in [0.05, 0.1) is 19.1 Å². The second-order valence-electron chi connectivity index (χ2n) is 7.13. The van der Waals surface area contributed by atoms with Crippen LogP contribution in [-0.4, -0.2) is 30.8 Å². The summed E-state index contributed by atoms with van der Waals surface area (Å²) in [6.07, 6.45) is 3.62. The molecule has 1 fully saturated rings. The van der Waals surface area contributed by atoms with Gasteiger partial charge in [-0.05, 0) is 60.6 Å². The minimum Gasteiger partial charge on any atom is -0.497 e. The van der Waals surface area contributed by atoms with Gasteiger partial charge in [0.2, 0.25) is 5.91 Å². The Bertz CT molecular complexity index is 743. The molecule has 0 saturated heterocycles. The van der Waals surface area contributed by atoms with E-state index in [1.807, 2.05) is 37.3 Å². The van der Waals surface area contributed by atoms with Crippen LogP contribution in [0.3, 0.4) is 0 Å². The van der Waals surface area contributed by atoms with Crippen molar-refractivity contribution in [3.8, 4) is 5.75 Å². The number of carbonyl (C=O) groups excluding carboxylic acids is 1. The van der Waals surface area contributed by atoms with Gasteiger partial charge in [0.25, 0.3) is 0 Å². The second kappa shape index (κ2) is 7.87. The van der Waals surface area contributed by atoms with Gasteiger partial charge in [0, 0.05) is 6.54 Å². The number of aliphatic hydroxyl groups is 1. The van der Waals surface area contributed by atoms with E-state index in [-0.39, 0.29) is 17.9 Å². The van der Waals surface area contributed by atoms with Crippen molar-refractivity contribution in [2.24, 2.45) is 5.92 Å². The van der Waals surface area contributed by atoms with Crippen LogP contribution in [0, 0.1) is 5.92 Å². The second-order valence-corrected chi connectivity index (χ2v) is 7.13. The number of hydrogen-bond acceptors (Lipinski definition) is 3. The quantitative estimate of drug-likeness (QED) is 0.873. The van der Waals surface area contributed by atoms with Gasteiger partial charge >= 0.3 is 0 Å². The lowest BCUT2D eigenvalue weighted by molar-refractivity contribution is -0.122. The molecule has 1 aliphatic rings. The molecule has 0 radical (unpaired) electrons. The van der Waals surface area contributed by atoms with Gasteiger partial charge in [-0.15, -0.1) is 0 Å². The van der Waals surface area contributed by atoms with E-state index in [1.54, 1.807) is 7.11 Å². The molecular formula is C21H27NO3. The van der Waals surface area contributed by atoms with Crippen LogP contribution in [0.4, 0.5) is 0 Å². The van der Waals surface area contributed by atoms with E-state index in [1.165, 1.54) is 0 Å². The number of fused-ring (bicyclic) bond motifs is 1. The lowest BCUT2D eigenvalue weighted by Crippen LogP contribution is -2.35. The SMILES string of the molecule is COc1ccc2cc([C@H](C)C(=O)NCC3CCCC(O)C3)ccc2c1. The predicted molar refractivity (Wildman–Crippen MR) is 99.9 cm³/mol. The zero-order valence-electron chi connectivity index (χ0n) is 15.0. The first kappa shape index (κ1) is 17.7. The van der Waals surface area contributed by atoms with Gasteiger partial charge in [0.15, 0.2) is 0 Å². The topological polar surface area (TPSA) is 58.6 Å². The Morgan fingerprint density at radius 1 is 1.24 bits per heavy atom. The largest absolute Gasteiger partial charge is 0.497 e. The number of ether oxygens (including phenoxy) is 1. The van der Waals surface area contributed by atoms with Crippen molar-refractivity contribution in [1.82, 2.24) is 5.32 Å². The zero-order chi connectivity index (χ0) is 17.8. The molecule has 3 atom stereocenters. The fourth-order valence-electron chi connectivity index (χ4n) is 3.64. The molecule has 0 bridgehead atoms. The minimum absolute atomic E-state index is 0.0490. The molecule has 25 heavy (non-hydrogen) atoms. The summed E-state index contributed by atoms with van der Waals surface area (Å²) in [6.45, 7) is 2.60. The third-order valence-electron chi connectivity index (χ3n) is 5.28. The maximum atomic E-state index is 12.5. The third-order valence-corrected chi connectivity index (χ3v) is 5.28. The summed E-state index contributed by atoms with van der Waals surface area (Å²) in [5, 5.41) is 15.0. The van der Waals surface area contributed by atoms with Crippen molar-refractivity contribution in [3.05, 3.63) is 42.0 Å². The number of nitrogens with one attached hydrogen (secondary N) is 1. The smallest absolute Gasteiger partial charge is 0.227 e. The van der Waals surface area contributed by atoms with E-state index in [9.17, 15) is 9.90 Å². The van der Waals surface area contributed by atoms with E-state index in [4.69, 9.17) is 4.74 Å². The van der Waals surface area contributed by atoms with Gasteiger partial charge in [-0.1, -0.05) is 30.7 Å². The molecule has 134 valence electrons. The molecule has 0 heterocycles. The van der Waals surface area contributed by atoms with Crippen LogP contribution in [0.5, 0.6) is 5.75 Å². The molecule has 2 aromatic rings. The zero-order valence-corrected chi connectivity index (χ0v) is 15.0. The first-order valence-corrected chi connectivity index (χ1v) is 9.10. The maximum Gasteiger partial charge on any atom is 0.227 e. The average molecular weight is 341 g/mol. The highest BCUT2D eigenvalue weighted by Crippen LogP contribution is 2.26. The molecular weight excluding hydrogens is 314 g/mol. The van der Waals surface area contributed by atoms with E-state index < -0.39 is 0 Å². The van der Waals surface area contributed by atoms with Crippen molar-refractivity contribution >= 4 is 16.7 Å². The molecule has 0 spiro atoms. The molecule has 1 aliphatic carbocycles. The molecule has 1 amide bonds. The maximum absolute atomic E-state index is 12.5. The molecule has 3 rings (SSSR count). The Morgan fingerprint density at radius 3 is 2.76 bits per heavy atom. The summed E-state index contributed by atoms with van der Waals surface area (Å²) in [5.41, 5.74) is 1.01. The number of aliphatic hydroxyl groups excluding tert-OH is 1. The van der Waals surface area contributed by atoms with Crippen LogP contribution in [0.25, 0.3) is 10.8 Å². The summed E-state index contributed by atoms with van der Waals surface area (Å²) < 4.78 is 5.25. The summed E-state index contributed by atoms with van der Waals surface area (Å²) in [7, 11) is 1.66. The minimum atomic E-state index is -0.203. The van der Waals surface area contributed by atoms with Gasteiger partial charge < -0.3 is 15.2 Å². The molecule has 0 aromatic heterocycles. The average Bonchev–Trinajstić information content (AvgIpc) is 2.64. The van der Waals surface area contributed by atoms with Crippen LogP contribution in [0.2, 0.25) is 0 Å². The highest BCUT2D eigenvalue weighted by molar-refractivity contribution is 5.88. The summed E-state index contributed by atoms with van der Waals surface area (Å²) in [5.74, 6) is 1.08. The molecule has 2 N–H and O–H groups in total. The predicted octanol–water partition coefficient (Wildman–Crippen LogP) is 3.62.